The van der Waals surface area contributed by atoms with Gasteiger partial charge in [0.25, 0.3) is 5.91 Å². The molecule has 1 aromatic heterocycles. The predicted octanol–water partition coefficient (Wildman–Crippen LogP) is 2.78. The SMILES string of the molecule is COc1cc(C(=O)O[C@H](C)C(=O)Nc2cc(C)on2)ccc1OC(F)F. The number of rotatable bonds is 7. The summed E-state index contributed by atoms with van der Waals surface area (Å²) in [5, 5.41) is 6.02. The minimum absolute atomic E-state index is 0.000367. The first kappa shape index (κ1) is 19.2. The first-order valence-electron chi connectivity index (χ1n) is 7.38. The highest BCUT2D eigenvalue weighted by Crippen LogP contribution is 2.29. The van der Waals surface area contributed by atoms with Crippen LogP contribution in [0.1, 0.15) is 23.0 Å². The second-order valence-corrected chi connectivity index (χ2v) is 5.10. The van der Waals surface area contributed by atoms with Crippen LogP contribution < -0.4 is 14.8 Å². The topological polar surface area (TPSA) is 99.9 Å². The molecule has 0 aliphatic carbocycles. The summed E-state index contributed by atoms with van der Waals surface area (Å²) in [5.41, 5.74) is 0.000367. The Morgan fingerprint density at radius 2 is 1.96 bits per heavy atom. The maximum atomic E-state index is 12.3. The molecule has 1 N–H and O–H groups in total. The summed E-state index contributed by atoms with van der Waals surface area (Å²) in [6.07, 6.45) is -1.14. The van der Waals surface area contributed by atoms with E-state index in [4.69, 9.17) is 14.0 Å². The van der Waals surface area contributed by atoms with E-state index in [1.807, 2.05) is 0 Å². The molecule has 1 amide bonds. The summed E-state index contributed by atoms with van der Waals surface area (Å²) in [5.74, 6) is -1.07. The van der Waals surface area contributed by atoms with Crippen LogP contribution in [0.15, 0.2) is 28.8 Å². The number of hydrogen-bond acceptors (Lipinski definition) is 7. The van der Waals surface area contributed by atoms with Crippen molar-refractivity contribution in [1.29, 1.82) is 0 Å². The number of halogens is 2. The van der Waals surface area contributed by atoms with Gasteiger partial charge in [-0.25, -0.2) is 4.79 Å². The Bertz CT molecular complexity index is 793. The van der Waals surface area contributed by atoms with Crippen LogP contribution in [0.25, 0.3) is 0 Å². The monoisotopic (exact) mass is 370 g/mol. The molecule has 0 radical (unpaired) electrons. The van der Waals surface area contributed by atoms with Crippen LogP contribution in [0.5, 0.6) is 11.5 Å². The molecule has 0 aliphatic rings. The Labute approximate surface area is 147 Å². The molecule has 8 nitrogen and oxygen atoms in total. The number of carbonyl (C=O) groups excluding carboxylic acids is 2. The Morgan fingerprint density at radius 1 is 1.23 bits per heavy atom. The summed E-state index contributed by atoms with van der Waals surface area (Å²) in [4.78, 5) is 24.1. The van der Waals surface area contributed by atoms with Crippen molar-refractivity contribution in [2.45, 2.75) is 26.6 Å². The molecule has 0 unspecified atom stereocenters. The standard InChI is InChI=1S/C16H16F2N2O6/c1-8-6-13(20-26-8)19-14(21)9(2)24-15(22)10-4-5-11(25-16(17)18)12(7-10)23-3/h4-7,9,16H,1-3H3,(H,19,20,21)/t9-/m1/s1. The Hall–Kier alpha value is -3.17. The summed E-state index contributed by atoms with van der Waals surface area (Å²) in [6.45, 7) is -0.0161. The zero-order valence-electron chi connectivity index (χ0n) is 14.1. The van der Waals surface area contributed by atoms with Gasteiger partial charge in [0.15, 0.2) is 23.4 Å². The highest BCUT2D eigenvalue weighted by Gasteiger charge is 2.21. The second kappa shape index (κ2) is 8.28. The number of esters is 1. The number of aryl methyl sites for hydroxylation is 1. The minimum Gasteiger partial charge on any atom is -0.493 e. The maximum absolute atomic E-state index is 12.3. The Balaban J connectivity index is 2.02. The van der Waals surface area contributed by atoms with Gasteiger partial charge in [-0.05, 0) is 32.0 Å². The van der Waals surface area contributed by atoms with E-state index in [2.05, 4.69) is 15.2 Å². The normalized spacial score (nSPS) is 11.8. The van der Waals surface area contributed by atoms with Crippen molar-refractivity contribution in [3.63, 3.8) is 0 Å². The lowest BCUT2D eigenvalue weighted by molar-refractivity contribution is -0.123. The fourth-order valence-electron chi connectivity index (χ4n) is 1.92. The van der Waals surface area contributed by atoms with Crippen molar-refractivity contribution in [2.24, 2.45) is 0 Å². The van der Waals surface area contributed by atoms with E-state index in [0.717, 1.165) is 6.07 Å². The average Bonchev–Trinajstić information content (AvgIpc) is 2.99. The van der Waals surface area contributed by atoms with Gasteiger partial charge in [-0.3, -0.25) is 4.79 Å². The summed E-state index contributed by atoms with van der Waals surface area (Å²) < 4.78 is 43.7. The summed E-state index contributed by atoms with van der Waals surface area (Å²) >= 11 is 0. The van der Waals surface area contributed by atoms with Crippen LogP contribution >= 0.6 is 0 Å². The Kier molecular flexibility index (Phi) is 6.10. The first-order valence-corrected chi connectivity index (χ1v) is 7.38. The molecular formula is C16H16F2N2O6. The molecule has 26 heavy (non-hydrogen) atoms. The molecule has 1 heterocycles. The van der Waals surface area contributed by atoms with Crippen molar-refractivity contribution < 1.29 is 37.1 Å². The fourth-order valence-corrected chi connectivity index (χ4v) is 1.92. The number of benzene rings is 1. The van der Waals surface area contributed by atoms with Crippen LogP contribution in [-0.4, -0.2) is 36.9 Å². The molecule has 1 atom stereocenters. The number of alkyl halides is 2. The number of carbonyl (C=O) groups is 2. The molecule has 140 valence electrons. The van der Waals surface area contributed by atoms with Crippen LogP contribution in [-0.2, 0) is 9.53 Å². The van der Waals surface area contributed by atoms with Gasteiger partial charge in [0.1, 0.15) is 5.76 Å². The average molecular weight is 370 g/mol. The molecule has 0 saturated carbocycles. The van der Waals surface area contributed by atoms with Gasteiger partial charge in [0, 0.05) is 6.07 Å². The van der Waals surface area contributed by atoms with E-state index in [1.165, 1.54) is 32.2 Å². The lowest BCUT2D eigenvalue weighted by Crippen LogP contribution is -2.30. The quantitative estimate of drug-likeness (QED) is 0.748. The van der Waals surface area contributed by atoms with Crippen LogP contribution in [0.4, 0.5) is 14.6 Å². The summed E-state index contributed by atoms with van der Waals surface area (Å²) in [7, 11) is 1.23. The molecule has 10 heteroatoms. The number of anilines is 1. The highest BCUT2D eigenvalue weighted by molar-refractivity contribution is 5.97. The van der Waals surface area contributed by atoms with E-state index >= 15 is 0 Å². The van der Waals surface area contributed by atoms with Gasteiger partial charge in [-0.15, -0.1) is 0 Å². The predicted molar refractivity (Wildman–Crippen MR) is 84.4 cm³/mol. The molecule has 0 aliphatic heterocycles. The number of nitrogens with one attached hydrogen (secondary N) is 1. The maximum Gasteiger partial charge on any atom is 0.387 e. The third kappa shape index (κ3) is 4.91. The van der Waals surface area contributed by atoms with Crippen LogP contribution in [0.2, 0.25) is 0 Å². The lowest BCUT2D eigenvalue weighted by atomic mass is 10.2. The van der Waals surface area contributed by atoms with Crippen molar-refractivity contribution in [1.82, 2.24) is 5.16 Å². The largest absolute Gasteiger partial charge is 0.493 e. The third-order valence-corrected chi connectivity index (χ3v) is 3.15. The smallest absolute Gasteiger partial charge is 0.387 e. The van der Waals surface area contributed by atoms with Crippen molar-refractivity contribution in [3.05, 3.63) is 35.6 Å². The second-order valence-electron chi connectivity index (χ2n) is 5.10. The van der Waals surface area contributed by atoms with Gasteiger partial charge >= 0.3 is 12.6 Å². The molecular weight excluding hydrogens is 354 g/mol. The summed E-state index contributed by atoms with van der Waals surface area (Å²) in [6, 6.07) is 5.03. The third-order valence-electron chi connectivity index (χ3n) is 3.15. The van der Waals surface area contributed by atoms with E-state index in [1.54, 1.807) is 6.92 Å². The highest BCUT2D eigenvalue weighted by atomic mass is 19.3. The number of nitrogens with zero attached hydrogens (tertiary/aromatic N) is 1. The van der Waals surface area contributed by atoms with E-state index < -0.39 is 24.6 Å². The molecule has 1 aromatic carbocycles. The number of amides is 1. The van der Waals surface area contributed by atoms with Crippen LogP contribution in [0.3, 0.4) is 0 Å². The number of ether oxygens (including phenoxy) is 3. The molecule has 0 fully saturated rings. The van der Waals surface area contributed by atoms with Crippen molar-refractivity contribution in [2.75, 3.05) is 12.4 Å². The number of aromatic nitrogens is 1. The van der Waals surface area contributed by atoms with E-state index in [-0.39, 0.29) is 22.9 Å². The molecule has 2 rings (SSSR count). The molecule has 0 bridgehead atoms. The van der Waals surface area contributed by atoms with Gasteiger partial charge in [-0.2, -0.15) is 8.78 Å². The zero-order valence-corrected chi connectivity index (χ0v) is 14.1. The van der Waals surface area contributed by atoms with Gasteiger partial charge in [-0.1, -0.05) is 5.16 Å². The van der Waals surface area contributed by atoms with Crippen molar-refractivity contribution >= 4 is 17.7 Å². The van der Waals surface area contributed by atoms with Gasteiger partial charge in [0.2, 0.25) is 0 Å². The molecule has 2 aromatic rings. The molecule has 0 spiro atoms. The number of methoxy groups -OCH3 is 1. The van der Waals surface area contributed by atoms with Crippen LogP contribution in [0, 0.1) is 6.92 Å². The van der Waals surface area contributed by atoms with Gasteiger partial charge < -0.3 is 24.1 Å². The van der Waals surface area contributed by atoms with Crippen molar-refractivity contribution in [3.8, 4) is 11.5 Å². The van der Waals surface area contributed by atoms with Gasteiger partial charge in [0.05, 0.1) is 12.7 Å². The molecule has 0 saturated heterocycles. The van der Waals surface area contributed by atoms with E-state index in [9.17, 15) is 18.4 Å². The Morgan fingerprint density at radius 3 is 2.54 bits per heavy atom. The first-order chi connectivity index (χ1) is 12.3. The number of hydrogen-bond donors (Lipinski definition) is 1. The van der Waals surface area contributed by atoms with E-state index in [0.29, 0.717) is 5.76 Å². The minimum atomic E-state index is -3.04. The lowest BCUT2D eigenvalue weighted by Gasteiger charge is -2.14. The fraction of sp³-hybridized carbons (Fsp3) is 0.312. The zero-order chi connectivity index (χ0) is 19.3.